The minimum Gasteiger partial charge on any atom is -0.294 e. The highest BCUT2D eigenvalue weighted by Crippen LogP contribution is 2.35. The fourth-order valence-corrected chi connectivity index (χ4v) is 4.48. The first-order chi connectivity index (χ1) is 16.0. The summed E-state index contributed by atoms with van der Waals surface area (Å²) in [4.78, 5) is 17.2. The lowest BCUT2D eigenvalue weighted by atomic mass is 9.92. The topological polar surface area (TPSA) is 30.0 Å². The van der Waals surface area contributed by atoms with E-state index < -0.39 is 0 Å². The van der Waals surface area contributed by atoms with Crippen molar-refractivity contribution in [1.82, 2.24) is 4.98 Å². The molecule has 0 unspecified atom stereocenters. The van der Waals surface area contributed by atoms with Gasteiger partial charge < -0.3 is 0 Å². The second kappa shape index (κ2) is 8.44. The number of fused-ring (bicyclic) bond motifs is 1. The molecular formula is C30H22FNO. The van der Waals surface area contributed by atoms with E-state index in [1.54, 1.807) is 6.07 Å². The molecule has 0 spiro atoms. The number of nitrogens with zero attached hydrogens (tertiary/aromatic N) is 1. The number of aromatic nitrogens is 1. The molecular weight excluding hydrogens is 409 g/mol. The van der Waals surface area contributed by atoms with Crippen molar-refractivity contribution in [2.75, 3.05) is 0 Å². The molecule has 0 fully saturated rings. The van der Waals surface area contributed by atoms with E-state index in [2.05, 4.69) is 42.5 Å². The molecule has 5 rings (SSSR count). The van der Waals surface area contributed by atoms with Crippen molar-refractivity contribution in [1.29, 1.82) is 0 Å². The first-order valence-electron chi connectivity index (χ1n) is 10.9. The van der Waals surface area contributed by atoms with E-state index in [1.165, 1.54) is 30.2 Å². The molecule has 0 saturated heterocycles. The highest BCUT2D eigenvalue weighted by molar-refractivity contribution is 6.08. The van der Waals surface area contributed by atoms with Gasteiger partial charge in [-0.25, -0.2) is 9.37 Å². The van der Waals surface area contributed by atoms with Crippen molar-refractivity contribution in [3.63, 3.8) is 0 Å². The predicted molar refractivity (Wildman–Crippen MR) is 133 cm³/mol. The molecule has 33 heavy (non-hydrogen) atoms. The van der Waals surface area contributed by atoms with Gasteiger partial charge in [-0.15, -0.1) is 0 Å². The van der Waals surface area contributed by atoms with Crippen LogP contribution in [0.4, 0.5) is 4.39 Å². The quantitative estimate of drug-likeness (QED) is 0.271. The third-order valence-corrected chi connectivity index (χ3v) is 6.02. The molecule has 0 atom stereocenters. The Balaban J connectivity index is 1.62. The summed E-state index contributed by atoms with van der Waals surface area (Å²) in [5.41, 5.74) is 8.15. The SMILES string of the molecule is CC(=O)c1c(C)c(-c2ccc(-c3ccccc3-c3ccccc3)cc2)nc2ccc(F)cc12. The number of hydrogen-bond acceptors (Lipinski definition) is 2. The molecule has 0 aliphatic rings. The zero-order valence-electron chi connectivity index (χ0n) is 18.5. The van der Waals surface area contributed by atoms with Crippen molar-refractivity contribution in [2.45, 2.75) is 13.8 Å². The monoisotopic (exact) mass is 431 g/mol. The molecule has 2 nitrogen and oxygen atoms in total. The Labute approximate surface area is 192 Å². The Bertz CT molecular complexity index is 1490. The van der Waals surface area contributed by atoms with Crippen molar-refractivity contribution in [3.8, 4) is 33.5 Å². The number of benzene rings is 4. The molecule has 0 aliphatic heterocycles. The maximum atomic E-state index is 13.9. The molecule has 160 valence electrons. The molecule has 0 radical (unpaired) electrons. The van der Waals surface area contributed by atoms with Gasteiger partial charge in [-0.1, -0.05) is 78.9 Å². The standard InChI is InChI=1S/C30H22FNO/c1-19-29(20(2)33)27-18-24(31)16-17-28(27)32-30(19)23-14-12-22(13-15-23)26-11-7-6-10-25(26)21-8-4-3-5-9-21/h3-18H,1-2H3. The number of carbonyl (C=O) groups is 1. The van der Waals surface area contributed by atoms with Gasteiger partial charge in [-0.05, 0) is 59.9 Å². The van der Waals surface area contributed by atoms with E-state index in [0.29, 0.717) is 16.5 Å². The van der Waals surface area contributed by atoms with Crippen LogP contribution in [0.15, 0.2) is 97.1 Å². The average Bonchev–Trinajstić information content (AvgIpc) is 2.84. The number of ketones is 1. The van der Waals surface area contributed by atoms with Crippen molar-refractivity contribution >= 4 is 16.7 Å². The Morgan fingerprint density at radius 3 is 1.94 bits per heavy atom. The number of Topliss-reactive ketones (excluding diaryl/α,β-unsaturated/α-hetero) is 1. The Morgan fingerprint density at radius 2 is 1.30 bits per heavy atom. The van der Waals surface area contributed by atoms with Gasteiger partial charge in [-0.3, -0.25) is 4.79 Å². The molecule has 1 heterocycles. The van der Waals surface area contributed by atoms with Crippen LogP contribution in [0.1, 0.15) is 22.8 Å². The number of halogens is 1. The summed E-state index contributed by atoms with van der Waals surface area (Å²) in [5.74, 6) is -0.472. The van der Waals surface area contributed by atoms with Crippen molar-refractivity contribution in [3.05, 3.63) is 114 Å². The molecule has 0 saturated carbocycles. The molecule has 3 heteroatoms. The molecule has 0 amide bonds. The van der Waals surface area contributed by atoms with Gasteiger partial charge in [0.15, 0.2) is 5.78 Å². The normalized spacial score (nSPS) is 11.0. The highest BCUT2D eigenvalue weighted by Gasteiger charge is 2.17. The van der Waals surface area contributed by atoms with E-state index in [1.807, 2.05) is 43.3 Å². The lowest BCUT2D eigenvalue weighted by Gasteiger charge is -2.14. The number of hydrogen-bond donors (Lipinski definition) is 0. The lowest BCUT2D eigenvalue weighted by Crippen LogP contribution is -2.03. The van der Waals surface area contributed by atoms with Crippen LogP contribution in [0.25, 0.3) is 44.4 Å². The van der Waals surface area contributed by atoms with Crippen LogP contribution in [-0.2, 0) is 0 Å². The summed E-state index contributed by atoms with van der Waals surface area (Å²) in [6.07, 6.45) is 0. The summed E-state index contributed by atoms with van der Waals surface area (Å²) >= 11 is 0. The molecule has 0 aliphatic carbocycles. The Hall–Kier alpha value is -4.11. The van der Waals surface area contributed by atoms with Crippen molar-refractivity contribution < 1.29 is 9.18 Å². The third kappa shape index (κ3) is 3.83. The number of rotatable bonds is 4. The van der Waals surface area contributed by atoms with Gasteiger partial charge in [0.2, 0.25) is 0 Å². The van der Waals surface area contributed by atoms with E-state index in [4.69, 9.17) is 4.98 Å². The minimum atomic E-state index is -0.375. The highest BCUT2D eigenvalue weighted by atomic mass is 19.1. The zero-order valence-corrected chi connectivity index (χ0v) is 18.5. The van der Waals surface area contributed by atoms with Crippen LogP contribution in [0.5, 0.6) is 0 Å². The fraction of sp³-hybridized carbons (Fsp3) is 0.0667. The minimum absolute atomic E-state index is 0.0971. The van der Waals surface area contributed by atoms with Gasteiger partial charge in [0.05, 0.1) is 11.2 Å². The maximum Gasteiger partial charge on any atom is 0.160 e. The second-order valence-electron chi connectivity index (χ2n) is 8.17. The molecule has 0 N–H and O–H groups in total. The van der Waals surface area contributed by atoms with Gasteiger partial charge in [0.25, 0.3) is 0 Å². The summed E-state index contributed by atoms with van der Waals surface area (Å²) in [6.45, 7) is 3.39. The smallest absolute Gasteiger partial charge is 0.160 e. The maximum absolute atomic E-state index is 13.9. The van der Waals surface area contributed by atoms with E-state index in [-0.39, 0.29) is 11.6 Å². The van der Waals surface area contributed by atoms with E-state index in [0.717, 1.165) is 27.9 Å². The predicted octanol–water partition coefficient (Wildman–Crippen LogP) is 7.89. The molecule has 4 aromatic carbocycles. The van der Waals surface area contributed by atoms with Gasteiger partial charge in [0.1, 0.15) is 5.82 Å². The first-order valence-corrected chi connectivity index (χ1v) is 10.9. The molecule has 0 bridgehead atoms. The van der Waals surface area contributed by atoms with E-state index >= 15 is 0 Å². The summed E-state index contributed by atoms with van der Waals surface area (Å²) in [7, 11) is 0. The van der Waals surface area contributed by atoms with Gasteiger partial charge >= 0.3 is 0 Å². The third-order valence-electron chi connectivity index (χ3n) is 6.02. The van der Waals surface area contributed by atoms with Gasteiger partial charge in [-0.2, -0.15) is 0 Å². The van der Waals surface area contributed by atoms with Crippen LogP contribution in [0.3, 0.4) is 0 Å². The van der Waals surface area contributed by atoms with Crippen molar-refractivity contribution in [2.24, 2.45) is 0 Å². The fourth-order valence-electron chi connectivity index (χ4n) is 4.48. The van der Waals surface area contributed by atoms with Crippen LogP contribution in [0.2, 0.25) is 0 Å². The Morgan fingerprint density at radius 1 is 0.727 bits per heavy atom. The molecule has 1 aromatic heterocycles. The lowest BCUT2D eigenvalue weighted by molar-refractivity contribution is 0.101. The zero-order chi connectivity index (χ0) is 22.9. The largest absolute Gasteiger partial charge is 0.294 e. The number of pyridine rings is 1. The number of carbonyl (C=O) groups excluding carboxylic acids is 1. The van der Waals surface area contributed by atoms with Crippen LogP contribution in [0, 0.1) is 12.7 Å². The average molecular weight is 432 g/mol. The second-order valence-corrected chi connectivity index (χ2v) is 8.17. The van der Waals surface area contributed by atoms with Gasteiger partial charge in [0, 0.05) is 16.5 Å². The van der Waals surface area contributed by atoms with Crippen LogP contribution >= 0.6 is 0 Å². The summed E-state index contributed by atoms with van der Waals surface area (Å²) in [5, 5.41) is 0.553. The van der Waals surface area contributed by atoms with Crippen LogP contribution in [-0.4, -0.2) is 10.8 Å². The molecule has 5 aromatic rings. The summed E-state index contributed by atoms with van der Waals surface area (Å²) in [6, 6.07) is 31.3. The summed E-state index contributed by atoms with van der Waals surface area (Å²) < 4.78 is 13.9. The van der Waals surface area contributed by atoms with Crippen LogP contribution < -0.4 is 0 Å². The van der Waals surface area contributed by atoms with E-state index in [9.17, 15) is 9.18 Å². The Kier molecular flexibility index (Phi) is 5.31. The first kappa shape index (κ1) is 20.8.